The lowest BCUT2D eigenvalue weighted by molar-refractivity contribution is 0.0699. The molecule has 6 nitrogen and oxygen atoms in total. The Balaban J connectivity index is 1.67. The summed E-state index contributed by atoms with van der Waals surface area (Å²) in [6.45, 7) is 3.12. The quantitative estimate of drug-likeness (QED) is 0.668. The minimum Gasteiger partial charge on any atom is -0.444 e. The number of nitrogens with zero attached hydrogens (tertiary/aromatic N) is 4. The van der Waals surface area contributed by atoms with Gasteiger partial charge in [0.15, 0.2) is 16.1 Å². The van der Waals surface area contributed by atoms with Gasteiger partial charge < -0.3 is 9.32 Å². The van der Waals surface area contributed by atoms with Crippen molar-refractivity contribution in [1.29, 1.82) is 0 Å². The molecule has 0 spiro atoms. The van der Waals surface area contributed by atoms with Gasteiger partial charge in [0.25, 0.3) is 5.91 Å². The molecular weight excluding hydrogens is 348 g/mol. The highest BCUT2D eigenvalue weighted by molar-refractivity contribution is 9.10. The van der Waals surface area contributed by atoms with Crippen molar-refractivity contribution in [3.63, 3.8) is 0 Å². The summed E-state index contributed by atoms with van der Waals surface area (Å²) in [6, 6.07) is 5.36. The maximum absolute atomic E-state index is 12.5. The largest absolute Gasteiger partial charge is 0.444 e. The van der Waals surface area contributed by atoms with Gasteiger partial charge in [-0.3, -0.25) is 4.79 Å². The summed E-state index contributed by atoms with van der Waals surface area (Å²) < 4.78 is 7.80. The van der Waals surface area contributed by atoms with Gasteiger partial charge in [0.05, 0.1) is 11.4 Å². The molecule has 0 saturated carbocycles. The normalized spacial score (nSPS) is 14.4. The monoisotopic (exact) mass is 360 g/mol. The van der Waals surface area contributed by atoms with Crippen LogP contribution >= 0.6 is 15.9 Å². The number of hydrogen-bond donors (Lipinski definition) is 0. The van der Waals surface area contributed by atoms with Crippen LogP contribution in [0.3, 0.4) is 0 Å². The second-order valence-corrected chi connectivity index (χ2v) is 6.15. The molecule has 1 aliphatic heterocycles. The maximum atomic E-state index is 12.5. The minimum atomic E-state index is -0.104. The van der Waals surface area contributed by atoms with E-state index in [4.69, 9.17) is 4.42 Å². The molecule has 0 radical (unpaired) electrons. The summed E-state index contributed by atoms with van der Waals surface area (Å²) in [5, 5.41) is 4.48. The first-order valence-corrected chi connectivity index (χ1v) is 7.79. The van der Waals surface area contributed by atoms with Crippen LogP contribution < -0.4 is 0 Å². The van der Waals surface area contributed by atoms with Crippen molar-refractivity contribution in [3.8, 4) is 0 Å². The zero-order valence-corrected chi connectivity index (χ0v) is 13.5. The number of furan rings is 1. The average Bonchev–Trinajstić information content (AvgIpc) is 3.11. The molecule has 0 bridgehead atoms. The molecule has 0 aliphatic carbocycles. The van der Waals surface area contributed by atoms with E-state index in [9.17, 15) is 4.79 Å². The van der Waals surface area contributed by atoms with Gasteiger partial charge in [-0.25, -0.2) is 9.50 Å². The van der Waals surface area contributed by atoms with E-state index < -0.39 is 0 Å². The summed E-state index contributed by atoms with van der Waals surface area (Å²) in [4.78, 5) is 18.7. The zero-order valence-electron chi connectivity index (χ0n) is 11.9. The highest BCUT2D eigenvalue weighted by atomic mass is 79.9. The minimum absolute atomic E-state index is 0.104. The third-order valence-corrected chi connectivity index (χ3v) is 4.27. The number of carbonyl (C=O) groups is 1. The molecule has 1 amide bonds. The van der Waals surface area contributed by atoms with Crippen LogP contribution in [0.1, 0.15) is 27.5 Å². The predicted molar refractivity (Wildman–Crippen MR) is 82.6 cm³/mol. The Kier molecular flexibility index (Phi) is 3.04. The number of halogens is 1. The van der Waals surface area contributed by atoms with Crippen molar-refractivity contribution in [1.82, 2.24) is 19.5 Å². The fourth-order valence-electron chi connectivity index (χ4n) is 2.81. The number of aromatic nitrogens is 3. The highest BCUT2D eigenvalue weighted by Crippen LogP contribution is 2.22. The van der Waals surface area contributed by atoms with Crippen molar-refractivity contribution in [2.75, 3.05) is 6.54 Å². The number of carbonyl (C=O) groups excluding carboxylic acids is 1. The van der Waals surface area contributed by atoms with Crippen LogP contribution in [-0.2, 0) is 13.0 Å². The van der Waals surface area contributed by atoms with Gasteiger partial charge >= 0.3 is 0 Å². The summed E-state index contributed by atoms with van der Waals surface area (Å²) in [5.41, 5.74) is 3.95. The summed E-state index contributed by atoms with van der Waals surface area (Å²) in [7, 11) is 0. The molecule has 1 aliphatic rings. The van der Waals surface area contributed by atoms with Crippen LogP contribution in [-0.4, -0.2) is 31.9 Å². The number of amides is 1. The van der Waals surface area contributed by atoms with Gasteiger partial charge in [-0.05, 0) is 35.0 Å². The topological polar surface area (TPSA) is 63.6 Å². The first-order valence-electron chi connectivity index (χ1n) is 6.99. The summed E-state index contributed by atoms with van der Waals surface area (Å²) in [6.07, 6.45) is 2.59. The van der Waals surface area contributed by atoms with Crippen LogP contribution in [0.5, 0.6) is 0 Å². The molecule has 7 heteroatoms. The maximum Gasteiger partial charge on any atom is 0.289 e. The summed E-state index contributed by atoms with van der Waals surface area (Å²) >= 11 is 3.22. The Morgan fingerprint density at radius 1 is 1.41 bits per heavy atom. The second-order valence-electron chi connectivity index (χ2n) is 5.37. The number of aryl methyl sites for hydroxylation is 1. The SMILES string of the molecule is Cc1cc2ncc3c(n2n1)CCN(C(=O)c1ccc(Br)o1)C3. The first-order chi connectivity index (χ1) is 10.6. The van der Waals surface area contributed by atoms with E-state index in [-0.39, 0.29) is 5.91 Å². The van der Waals surface area contributed by atoms with Crippen LogP contribution in [0.15, 0.2) is 33.5 Å². The smallest absolute Gasteiger partial charge is 0.289 e. The molecule has 4 heterocycles. The van der Waals surface area contributed by atoms with E-state index in [1.54, 1.807) is 17.0 Å². The molecule has 0 fully saturated rings. The fourth-order valence-corrected chi connectivity index (χ4v) is 3.12. The van der Waals surface area contributed by atoms with E-state index >= 15 is 0 Å². The Morgan fingerprint density at radius 2 is 2.27 bits per heavy atom. The van der Waals surface area contributed by atoms with Gasteiger partial charge in [0, 0.05) is 37.3 Å². The Labute approximate surface area is 134 Å². The molecule has 112 valence electrons. The Hall–Kier alpha value is -2.15. The van der Waals surface area contributed by atoms with Crippen LogP contribution in [0.25, 0.3) is 5.65 Å². The Morgan fingerprint density at radius 3 is 3.05 bits per heavy atom. The zero-order chi connectivity index (χ0) is 15.3. The number of hydrogen-bond acceptors (Lipinski definition) is 4. The lowest BCUT2D eigenvalue weighted by Crippen LogP contribution is -2.36. The number of rotatable bonds is 1. The third-order valence-electron chi connectivity index (χ3n) is 3.84. The molecule has 0 atom stereocenters. The molecule has 3 aromatic heterocycles. The van der Waals surface area contributed by atoms with Gasteiger partial charge in [-0.2, -0.15) is 5.10 Å². The van der Waals surface area contributed by atoms with E-state index in [1.807, 2.05) is 23.7 Å². The molecule has 4 rings (SSSR count). The molecule has 3 aromatic rings. The van der Waals surface area contributed by atoms with Crippen LogP contribution in [0, 0.1) is 6.92 Å². The van der Waals surface area contributed by atoms with Crippen molar-refractivity contribution >= 4 is 27.5 Å². The number of fused-ring (bicyclic) bond motifs is 3. The van der Waals surface area contributed by atoms with Gasteiger partial charge in [0.2, 0.25) is 0 Å². The van der Waals surface area contributed by atoms with E-state index in [2.05, 4.69) is 26.0 Å². The highest BCUT2D eigenvalue weighted by Gasteiger charge is 2.25. The molecule has 22 heavy (non-hydrogen) atoms. The Bertz CT molecular complexity index is 883. The lowest BCUT2D eigenvalue weighted by Gasteiger charge is -2.28. The summed E-state index contributed by atoms with van der Waals surface area (Å²) in [5.74, 6) is 0.243. The van der Waals surface area contributed by atoms with E-state index in [1.165, 1.54) is 0 Å². The fraction of sp³-hybridized carbons (Fsp3) is 0.267. The second kappa shape index (κ2) is 4.95. The van der Waals surface area contributed by atoms with Crippen LogP contribution in [0.4, 0.5) is 0 Å². The van der Waals surface area contributed by atoms with E-state index in [0.29, 0.717) is 23.5 Å². The standard InChI is InChI=1S/C15H13BrN4O2/c1-9-6-14-17-7-10-8-19(5-4-11(10)20(14)18-9)15(21)12-2-3-13(16)22-12/h2-3,6-7H,4-5,8H2,1H3. The molecule has 0 N–H and O–H groups in total. The lowest BCUT2D eigenvalue weighted by atomic mass is 10.1. The molecule has 0 saturated heterocycles. The van der Waals surface area contributed by atoms with Crippen LogP contribution in [0.2, 0.25) is 0 Å². The molecule has 0 aromatic carbocycles. The molecule has 0 unspecified atom stereocenters. The van der Waals surface area contributed by atoms with Crippen molar-refractivity contribution in [2.24, 2.45) is 0 Å². The van der Waals surface area contributed by atoms with Crippen molar-refractivity contribution in [3.05, 3.63) is 51.8 Å². The van der Waals surface area contributed by atoms with Gasteiger partial charge in [-0.1, -0.05) is 0 Å². The third kappa shape index (κ3) is 2.12. The van der Waals surface area contributed by atoms with Crippen molar-refractivity contribution in [2.45, 2.75) is 19.9 Å². The average molecular weight is 361 g/mol. The van der Waals surface area contributed by atoms with E-state index in [0.717, 1.165) is 29.0 Å². The predicted octanol–water partition coefficient (Wildman–Crippen LogP) is 2.59. The van der Waals surface area contributed by atoms with Gasteiger partial charge in [0.1, 0.15) is 0 Å². The first kappa shape index (κ1) is 13.5. The van der Waals surface area contributed by atoms with Gasteiger partial charge in [-0.15, -0.1) is 0 Å². The van der Waals surface area contributed by atoms with Crippen molar-refractivity contribution < 1.29 is 9.21 Å². The molecular formula is C15H13BrN4O2.